The average Bonchev–Trinajstić information content (AvgIpc) is 2.75. The van der Waals surface area contributed by atoms with Gasteiger partial charge in [0.15, 0.2) is 0 Å². The van der Waals surface area contributed by atoms with Crippen LogP contribution < -0.4 is 0 Å². The van der Waals surface area contributed by atoms with Crippen LogP contribution in [0.2, 0.25) is 0 Å². The molecule has 0 aliphatic carbocycles. The van der Waals surface area contributed by atoms with Gasteiger partial charge in [-0.1, -0.05) is 12.2 Å². The van der Waals surface area contributed by atoms with Gasteiger partial charge in [-0.15, -0.1) is 10.2 Å². The van der Waals surface area contributed by atoms with Gasteiger partial charge in [-0.3, -0.25) is 4.68 Å². The number of tetrazole rings is 1. The third-order valence-corrected chi connectivity index (χ3v) is 2.41. The second-order valence-corrected chi connectivity index (χ2v) is 3.24. The van der Waals surface area contributed by atoms with E-state index >= 15 is 0 Å². The van der Waals surface area contributed by atoms with Crippen LogP contribution in [0.5, 0.6) is 0 Å². The van der Waals surface area contributed by atoms with Crippen LogP contribution in [0.15, 0.2) is 6.20 Å². The third-order valence-electron chi connectivity index (χ3n) is 1.91. The number of hydrogen-bond acceptors (Lipinski definition) is 4. The first-order valence-corrected chi connectivity index (χ1v) is 4.65. The molecule has 74 valence electrons. The largest absolute Gasteiger partial charge is 0.304 e. The van der Waals surface area contributed by atoms with Gasteiger partial charge >= 0.3 is 0 Å². The lowest BCUT2D eigenvalue weighted by atomic mass is 10.3. The van der Waals surface area contributed by atoms with Crippen molar-refractivity contribution >= 4 is 12.2 Å². The van der Waals surface area contributed by atoms with Crippen LogP contribution in [-0.2, 0) is 13.6 Å². The Kier molecular flexibility index (Phi) is 2.16. The predicted octanol–water partition coefficient (Wildman–Crippen LogP) is 0.756. The van der Waals surface area contributed by atoms with E-state index in [0.717, 1.165) is 5.56 Å². The maximum absolute atomic E-state index is 5.17. The van der Waals surface area contributed by atoms with Crippen LogP contribution in [0, 0.1) is 4.64 Å². The molecule has 0 fully saturated rings. The Balaban J connectivity index is 2.49. The second kappa shape index (κ2) is 3.33. The van der Waals surface area contributed by atoms with E-state index < -0.39 is 0 Å². The summed E-state index contributed by atoms with van der Waals surface area (Å²) in [4.78, 5) is 1.52. The van der Waals surface area contributed by atoms with Gasteiger partial charge in [0.05, 0.1) is 12.1 Å². The molecule has 0 atom stereocenters. The highest BCUT2D eigenvalue weighted by Crippen LogP contribution is 2.13. The monoisotopic (exact) mass is 210 g/mol. The molecule has 0 bridgehead atoms. The second-order valence-electron chi connectivity index (χ2n) is 2.85. The van der Waals surface area contributed by atoms with Gasteiger partial charge in [0.1, 0.15) is 4.64 Å². The summed E-state index contributed by atoms with van der Waals surface area (Å²) in [5, 5.41) is 14.9. The van der Waals surface area contributed by atoms with Crippen molar-refractivity contribution < 1.29 is 0 Å². The van der Waals surface area contributed by atoms with Crippen molar-refractivity contribution in [2.75, 3.05) is 0 Å². The lowest BCUT2D eigenvalue weighted by molar-refractivity contribution is 0.553. The van der Waals surface area contributed by atoms with Crippen molar-refractivity contribution in [2.24, 2.45) is 7.05 Å². The highest BCUT2D eigenvalue weighted by Gasteiger charge is 2.08. The molecule has 0 aliphatic rings. The minimum absolute atomic E-state index is 0.564. The standard InChI is InChI=1S/C7H10N6S/c1-3-13-10-6(9-11-13)5-4-8-12(2)7(5)14/h4,8H,3H2,1-2H3. The Hall–Kier alpha value is -1.50. The minimum atomic E-state index is 0.564. The Morgan fingerprint density at radius 3 is 2.86 bits per heavy atom. The van der Waals surface area contributed by atoms with Gasteiger partial charge in [0.25, 0.3) is 0 Å². The van der Waals surface area contributed by atoms with Crippen molar-refractivity contribution in [1.82, 2.24) is 30.0 Å². The fourth-order valence-corrected chi connectivity index (χ4v) is 1.31. The fraction of sp³-hybridized carbons (Fsp3) is 0.429. The van der Waals surface area contributed by atoms with Gasteiger partial charge in [-0.05, 0) is 12.1 Å². The number of rotatable bonds is 2. The molecule has 6 nitrogen and oxygen atoms in total. The van der Waals surface area contributed by atoms with Crippen LogP contribution in [0.3, 0.4) is 0 Å². The molecule has 0 aliphatic heterocycles. The van der Waals surface area contributed by atoms with Gasteiger partial charge < -0.3 is 5.10 Å². The molecule has 14 heavy (non-hydrogen) atoms. The summed E-state index contributed by atoms with van der Waals surface area (Å²) in [6.07, 6.45) is 1.78. The molecule has 0 saturated carbocycles. The lowest BCUT2D eigenvalue weighted by Crippen LogP contribution is -1.98. The van der Waals surface area contributed by atoms with E-state index in [9.17, 15) is 0 Å². The molecule has 0 aromatic carbocycles. The Labute approximate surface area is 85.5 Å². The molecule has 0 spiro atoms. The Morgan fingerprint density at radius 2 is 2.36 bits per heavy atom. The molecule has 0 amide bonds. The number of H-pyrrole nitrogens is 1. The fourth-order valence-electron chi connectivity index (χ4n) is 1.11. The van der Waals surface area contributed by atoms with Gasteiger partial charge in [0, 0.05) is 13.2 Å². The molecule has 1 N–H and O–H groups in total. The summed E-state index contributed by atoms with van der Waals surface area (Å²) >= 11 is 5.17. The van der Waals surface area contributed by atoms with Crippen LogP contribution >= 0.6 is 12.2 Å². The summed E-state index contributed by atoms with van der Waals surface area (Å²) in [6, 6.07) is 0. The highest BCUT2D eigenvalue weighted by molar-refractivity contribution is 7.71. The van der Waals surface area contributed by atoms with E-state index in [1.165, 1.54) is 4.80 Å². The molecular weight excluding hydrogens is 200 g/mol. The zero-order chi connectivity index (χ0) is 10.1. The minimum Gasteiger partial charge on any atom is -0.304 e. The quantitative estimate of drug-likeness (QED) is 0.743. The van der Waals surface area contributed by atoms with E-state index in [0.29, 0.717) is 17.0 Å². The first-order valence-electron chi connectivity index (χ1n) is 4.25. The van der Waals surface area contributed by atoms with Crippen LogP contribution in [0.1, 0.15) is 6.92 Å². The Morgan fingerprint density at radius 1 is 1.57 bits per heavy atom. The van der Waals surface area contributed by atoms with Crippen molar-refractivity contribution in [3.63, 3.8) is 0 Å². The number of nitrogens with zero attached hydrogens (tertiary/aromatic N) is 5. The molecule has 0 radical (unpaired) electrons. The molecule has 2 heterocycles. The zero-order valence-corrected chi connectivity index (χ0v) is 8.75. The molecule has 7 heteroatoms. The van der Waals surface area contributed by atoms with Crippen LogP contribution in [0.4, 0.5) is 0 Å². The van der Waals surface area contributed by atoms with E-state index in [2.05, 4.69) is 20.5 Å². The molecular formula is C7H10N6S. The number of nitrogens with one attached hydrogen (secondary N) is 1. The predicted molar refractivity (Wildman–Crippen MR) is 53.1 cm³/mol. The van der Waals surface area contributed by atoms with E-state index in [1.54, 1.807) is 10.9 Å². The molecule has 2 aromatic heterocycles. The average molecular weight is 210 g/mol. The van der Waals surface area contributed by atoms with E-state index in [-0.39, 0.29) is 0 Å². The summed E-state index contributed by atoms with van der Waals surface area (Å²) in [5.41, 5.74) is 0.808. The van der Waals surface area contributed by atoms with Gasteiger partial charge in [-0.25, -0.2) is 0 Å². The lowest BCUT2D eigenvalue weighted by Gasteiger charge is -1.88. The van der Waals surface area contributed by atoms with Crippen molar-refractivity contribution in [1.29, 1.82) is 0 Å². The van der Waals surface area contributed by atoms with Crippen molar-refractivity contribution in [3.05, 3.63) is 10.8 Å². The number of aromatic amines is 1. The van der Waals surface area contributed by atoms with Crippen molar-refractivity contribution in [2.45, 2.75) is 13.5 Å². The van der Waals surface area contributed by atoms with E-state index in [4.69, 9.17) is 12.2 Å². The molecule has 2 aromatic rings. The van der Waals surface area contributed by atoms with Gasteiger partial charge in [-0.2, -0.15) is 4.80 Å². The summed E-state index contributed by atoms with van der Waals surface area (Å²) < 4.78 is 2.41. The summed E-state index contributed by atoms with van der Waals surface area (Å²) in [6.45, 7) is 2.66. The topological polar surface area (TPSA) is 64.3 Å². The maximum Gasteiger partial charge on any atom is 0.209 e. The Bertz CT molecular complexity index is 492. The number of aromatic nitrogens is 6. The maximum atomic E-state index is 5.17. The van der Waals surface area contributed by atoms with Crippen LogP contribution in [-0.4, -0.2) is 30.0 Å². The SMILES string of the molecule is CCn1nnc(-c2c[nH]n(C)c2=S)n1. The van der Waals surface area contributed by atoms with Crippen molar-refractivity contribution in [3.8, 4) is 11.4 Å². The third kappa shape index (κ3) is 1.35. The summed E-state index contributed by atoms with van der Waals surface area (Å²) in [7, 11) is 1.84. The first kappa shape index (κ1) is 9.07. The molecule has 0 unspecified atom stereocenters. The first-order chi connectivity index (χ1) is 6.72. The number of aryl methyl sites for hydroxylation is 2. The molecule has 2 rings (SSSR count). The summed E-state index contributed by atoms with van der Waals surface area (Å²) in [5.74, 6) is 0.564. The normalized spacial score (nSPS) is 10.7. The van der Waals surface area contributed by atoms with E-state index in [1.807, 2.05) is 14.0 Å². The van der Waals surface area contributed by atoms with Gasteiger partial charge in [0.2, 0.25) is 5.82 Å². The molecule has 0 saturated heterocycles. The van der Waals surface area contributed by atoms with Crippen LogP contribution in [0.25, 0.3) is 11.4 Å². The highest BCUT2D eigenvalue weighted by atomic mass is 32.1. The smallest absolute Gasteiger partial charge is 0.209 e. The zero-order valence-electron chi connectivity index (χ0n) is 7.93. The number of hydrogen-bond donors (Lipinski definition) is 1.